The average Bonchev–Trinajstić information content (AvgIpc) is 1.89. The van der Waals surface area contributed by atoms with Crippen LogP contribution in [0.1, 0.15) is 0 Å². The monoisotopic (exact) mass is 258 g/mol. The standard InChI is InChI=1S/H18OSi8/c1-3-5-7-9-8-6-4-2/h1H,3-9H2,2H3. The molecule has 0 atom stereocenters. The maximum absolute atomic E-state index is 8.72. The van der Waals surface area contributed by atoms with Crippen LogP contribution in [0.3, 0.4) is 0 Å². The van der Waals surface area contributed by atoms with Crippen molar-refractivity contribution in [1.29, 1.82) is 0 Å². The second-order valence-corrected chi connectivity index (χ2v) is 63.2. The summed E-state index contributed by atoms with van der Waals surface area (Å²) in [6, 6.07) is 0. The van der Waals surface area contributed by atoms with Crippen molar-refractivity contribution < 1.29 is 4.80 Å². The van der Waals surface area contributed by atoms with Crippen LogP contribution in [-0.4, -0.2) is 75.2 Å². The van der Waals surface area contributed by atoms with Crippen molar-refractivity contribution in [1.82, 2.24) is 0 Å². The van der Waals surface area contributed by atoms with Crippen LogP contribution in [0.5, 0.6) is 0 Å². The molecule has 0 rings (SSSR count). The third kappa shape index (κ3) is 9.70. The molecule has 0 saturated carbocycles. The zero-order valence-corrected chi connectivity index (χ0v) is 18.3. The van der Waals surface area contributed by atoms with E-state index in [1.54, 1.807) is 9.76 Å². The van der Waals surface area contributed by atoms with E-state index in [1.165, 1.54) is 0 Å². The summed E-state index contributed by atoms with van der Waals surface area (Å²) < 4.78 is 0. The van der Waals surface area contributed by atoms with E-state index in [2.05, 4.69) is 0 Å². The molecule has 9 heteroatoms. The van der Waals surface area contributed by atoms with Gasteiger partial charge in [-0.2, -0.15) is 0 Å². The van der Waals surface area contributed by atoms with Crippen LogP contribution < -0.4 is 0 Å². The molecule has 0 amide bonds. The largest absolute Gasteiger partial charge is 0.442 e. The minimum absolute atomic E-state index is 0.327. The number of rotatable bonds is 6. The van der Waals surface area contributed by atoms with E-state index in [1.807, 2.05) is 0 Å². The van der Waals surface area contributed by atoms with E-state index in [-0.39, 0.29) is 9.28 Å². The van der Waals surface area contributed by atoms with Crippen LogP contribution in [-0.2, 0) is 0 Å². The normalized spacial score (nSPS) is 19.7. The molecule has 0 aromatic carbocycles. The zero-order chi connectivity index (χ0) is 6.95. The summed E-state index contributed by atoms with van der Waals surface area (Å²) in [7, 11) is 5.33. The van der Waals surface area contributed by atoms with Gasteiger partial charge in [0.15, 0.2) is 0 Å². The molecular weight excluding hydrogens is 241 g/mol. The quantitative estimate of drug-likeness (QED) is 0.371. The highest BCUT2D eigenvalue weighted by Gasteiger charge is 1.91. The minimum Gasteiger partial charge on any atom is -0.442 e. The van der Waals surface area contributed by atoms with Gasteiger partial charge in [-0.05, 0) is 52.5 Å². The lowest BCUT2D eigenvalue weighted by molar-refractivity contribution is 0.621. The SMILES string of the molecule is O[SiH2][SiH2][SiH2][SiH2][SiH2][SiH2][SiH2][SiH3]. The molecule has 0 bridgehead atoms. The van der Waals surface area contributed by atoms with Gasteiger partial charge >= 0.3 is 0 Å². The van der Waals surface area contributed by atoms with Gasteiger partial charge in [-0.15, -0.1) is 0 Å². The van der Waals surface area contributed by atoms with Gasteiger partial charge in [-0.1, -0.05) is 0 Å². The van der Waals surface area contributed by atoms with Crippen molar-refractivity contribution in [2.45, 2.75) is 0 Å². The molecule has 0 fully saturated rings. The zero-order valence-electron chi connectivity index (χ0n) is 6.40. The Hall–Kier alpha value is 1.70. The third-order valence-corrected chi connectivity index (χ3v) is 114. The second-order valence-electron chi connectivity index (χ2n) is 2.49. The van der Waals surface area contributed by atoms with Crippen molar-refractivity contribution >= 4 is 70.4 Å². The summed E-state index contributed by atoms with van der Waals surface area (Å²) in [5.41, 5.74) is 0. The molecule has 1 nitrogen and oxygen atoms in total. The molecule has 0 radical (unpaired) electrons. The van der Waals surface area contributed by atoms with Gasteiger partial charge in [0.2, 0.25) is 0 Å². The van der Waals surface area contributed by atoms with E-state index in [0.717, 1.165) is 34.2 Å². The fourth-order valence-electron chi connectivity index (χ4n) is 0.892. The molecule has 0 aliphatic rings. The molecule has 0 saturated heterocycles. The fourth-order valence-corrected chi connectivity index (χ4v) is 199. The predicted octanol–water partition coefficient (Wildman–Crippen LogP) is -8.15. The molecule has 0 aliphatic carbocycles. The Morgan fingerprint density at radius 3 is 2.00 bits per heavy atom. The Morgan fingerprint density at radius 1 is 0.889 bits per heavy atom. The molecule has 9 heavy (non-hydrogen) atoms. The van der Waals surface area contributed by atoms with Crippen molar-refractivity contribution in [3.8, 4) is 0 Å². The molecule has 0 heterocycles. The first-order valence-corrected chi connectivity index (χ1v) is 34.3. The van der Waals surface area contributed by atoms with Crippen molar-refractivity contribution in [3.63, 3.8) is 0 Å². The molecule has 1 N–H and O–H groups in total. The lowest BCUT2D eigenvalue weighted by atomic mass is 15.9. The van der Waals surface area contributed by atoms with Gasteiger partial charge in [-0.25, -0.2) is 0 Å². The van der Waals surface area contributed by atoms with Crippen LogP contribution in [0.4, 0.5) is 0 Å². The lowest BCUT2D eigenvalue weighted by Crippen LogP contribution is -2.28. The van der Waals surface area contributed by atoms with Crippen molar-refractivity contribution in [3.05, 3.63) is 0 Å². The van der Waals surface area contributed by atoms with Crippen molar-refractivity contribution in [2.75, 3.05) is 0 Å². The van der Waals surface area contributed by atoms with Gasteiger partial charge in [0, 0.05) is 8.55 Å². The first-order valence-electron chi connectivity index (χ1n) is 4.02. The van der Waals surface area contributed by atoms with Crippen LogP contribution in [0.15, 0.2) is 0 Å². The van der Waals surface area contributed by atoms with Crippen LogP contribution in [0, 0.1) is 0 Å². The summed E-state index contributed by atoms with van der Waals surface area (Å²) in [5.74, 6) is 0. The van der Waals surface area contributed by atoms with Crippen LogP contribution >= 0.6 is 0 Å². The molecule has 0 unspecified atom stereocenters. The Bertz CT molecular complexity index is 37.8. The second kappa shape index (κ2) is 9.70. The Morgan fingerprint density at radius 2 is 1.44 bits per heavy atom. The van der Waals surface area contributed by atoms with E-state index < -0.39 is 0 Å². The predicted molar refractivity (Wildman–Crippen MR) is 72.0 cm³/mol. The molecule has 0 spiro atoms. The van der Waals surface area contributed by atoms with Gasteiger partial charge in [0.1, 0.15) is 9.28 Å². The van der Waals surface area contributed by atoms with Crippen molar-refractivity contribution in [2.24, 2.45) is 0 Å². The summed E-state index contributed by atoms with van der Waals surface area (Å²) >= 11 is 0. The number of hydrogen-bond acceptors (Lipinski definition) is 1. The Balaban J connectivity index is 2.60. The van der Waals surface area contributed by atoms with Gasteiger partial charge in [0.05, 0.1) is 0 Å². The average molecular weight is 259 g/mol. The summed E-state index contributed by atoms with van der Waals surface area (Å²) in [5, 5.41) is 0. The molecule has 0 aromatic rings. The highest BCUT2D eigenvalue weighted by atomic mass is 30.0. The highest BCUT2D eigenvalue weighted by molar-refractivity contribution is 7.64. The lowest BCUT2D eigenvalue weighted by Gasteiger charge is -1.91. The maximum atomic E-state index is 8.72. The van der Waals surface area contributed by atoms with E-state index in [4.69, 9.17) is 4.80 Å². The van der Waals surface area contributed by atoms with Crippen LogP contribution in [0.25, 0.3) is 0 Å². The first kappa shape index (κ1) is 10.7. The molecular formula is H18OSi8. The molecule has 0 aliphatic heterocycles. The van der Waals surface area contributed by atoms with Gasteiger partial charge < -0.3 is 4.80 Å². The smallest absolute Gasteiger partial charge is 0.135 e. The van der Waals surface area contributed by atoms with E-state index in [9.17, 15) is 0 Å². The first-order chi connectivity index (χ1) is 4.41. The van der Waals surface area contributed by atoms with E-state index >= 15 is 0 Å². The number of hydrogen-bond donors (Lipinski definition) is 1. The third-order valence-electron chi connectivity index (χ3n) is 1.51. The molecule has 0 aromatic heterocycles. The van der Waals surface area contributed by atoms with Gasteiger partial charge in [0.25, 0.3) is 0 Å². The Labute approximate surface area is 75.0 Å². The summed E-state index contributed by atoms with van der Waals surface area (Å²) in [6.45, 7) is 0. The Kier molecular flexibility index (Phi) is 11.5. The molecule has 56 valence electrons. The van der Waals surface area contributed by atoms with Gasteiger partial charge in [-0.3, -0.25) is 0 Å². The summed E-state index contributed by atoms with van der Waals surface area (Å²) in [4.78, 5) is 8.72. The summed E-state index contributed by atoms with van der Waals surface area (Å²) in [6.07, 6.45) is 0. The van der Waals surface area contributed by atoms with E-state index in [0.29, 0.717) is 17.1 Å². The fraction of sp³-hybridized carbons (Fsp3) is 0. The highest BCUT2D eigenvalue weighted by Crippen LogP contribution is 1.53. The maximum Gasteiger partial charge on any atom is 0.135 e. The minimum atomic E-state index is -0.327. The topological polar surface area (TPSA) is 20.2 Å². The van der Waals surface area contributed by atoms with Crippen LogP contribution in [0.2, 0.25) is 0 Å².